The van der Waals surface area contributed by atoms with Gasteiger partial charge in [0.1, 0.15) is 0 Å². The molecule has 1 heterocycles. The van der Waals surface area contributed by atoms with Gasteiger partial charge in [0.25, 0.3) is 11.8 Å². The molecule has 0 saturated carbocycles. The highest BCUT2D eigenvalue weighted by Gasteiger charge is 2.30. The summed E-state index contributed by atoms with van der Waals surface area (Å²) >= 11 is 0. The highest BCUT2D eigenvalue weighted by molar-refractivity contribution is 6.05. The minimum Gasteiger partial charge on any atom is -0.376 e. The fourth-order valence-corrected chi connectivity index (χ4v) is 3.99. The van der Waals surface area contributed by atoms with Crippen LogP contribution in [0.15, 0.2) is 72.8 Å². The molecule has 3 amide bonds. The number of halogens is 3. The van der Waals surface area contributed by atoms with Crippen LogP contribution in [0, 0.1) is 0 Å². The maximum absolute atomic E-state index is 12.9. The molecule has 8 nitrogen and oxygen atoms in total. The molecule has 1 atom stereocenters. The lowest BCUT2D eigenvalue weighted by atomic mass is 10.1. The number of carbonyl (C=O) groups is 3. The molecule has 0 radical (unpaired) electrons. The molecule has 1 saturated heterocycles. The van der Waals surface area contributed by atoms with Crippen LogP contribution in [-0.4, -0.2) is 43.5 Å². The summed E-state index contributed by atoms with van der Waals surface area (Å²) in [6, 6.07) is 17.1. The molecule has 1 aliphatic rings. The fourth-order valence-electron chi connectivity index (χ4n) is 3.99. The third kappa shape index (κ3) is 8.05. The Labute approximate surface area is 222 Å². The summed E-state index contributed by atoms with van der Waals surface area (Å²) < 4.78 is 44.3. The number of anilines is 3. The third-order valence-electron chi connectivity index (χ3n) is 5.95. The number of carbonyl (C=O) groups excluding carboxylic acids is 3. The summed E-state index contributed by atoms with van der Waals surface area (Å²) in [7, 11) is 0. The number of nitrogens with one attached hydrogen (secondary N) is 4. The number of hydrogen-bond acceptors (Lipinski definition) is 5. The molecule has 3 aromatic rings. The zero-order chi connectivity index (χ0) is 27.8. The first-order valence-electron chi connectivity index (χ1n) is 12.3. The molecule has 0 aromatic heterocycles. The van der Waals surface area contributed by atoms with Gasteiger partial charge in [0.15, 0.2) is 0 Å². The van der Waals surface area contributed by atoms with Crippen molar-refractivity contribution in [1.29, 1.82) is 0 Å². The van der Waals surface area contributed by atoms with Gasteiger partial charge >= 0.3 is 6.18 Å². The van der Waals surface area contributed by atoms with Crippen LogP contribution in [0.5, 0.6) is 0 Å². The van der Waals surface area contributed by atoms with Crippen molar-refractivity contribution in [2.24, 2.45) is 0 Å². The first-order chi connectivity index (χ1) is 18.7. The summed E-state index contributed by atoms with van der Waals surface area (Å²) in [6.07, 6.45) is -2.61. The van der Waals surface area contributed by atoms with Gasteiger partial charge in [-0.3, -0.25) is 14.4 Å². The van der Waals surface area contributed by atoms with Crippen molar-refractivity contribution in [2.75, 3.05) is 35.6 Å². The molecule has 204 valence electrons. The average Bonchev–Trinajstić information content (AvgIpc) is 3.44. The zero-order valence-corrected chi connectivity index (χ0v) is 20.8. The van der Waals surface area contributed by atoms with E-state index in [1.54, 1.807) is 36.4 Å². The summed E-state index contributed by atoms with van der Waals surface area (Å²) in [4.78, 5) is 37.5. The maximum Gasteiger partial charge on any atom is 0.416 e. The molecule has 0 aliphatic carbocycles. The molecule has 1 aliphatic heterocycles. The molecule has 3 aromatic carbocycles. The average molecular weight is 541 g/mol. The van der Waals surface area contributed by atoms with E-state index in [0.29, 0.717) is 30.1 Å². The van der Waals surface area contributed by atoms with Gasteiger partial charge < -0.3 is 26.0 Å². The molecule has 0 bridgehead atoms. The van der Waals surface area contributed by atoms with Crippen molar-refractivity contribution in [2.45, 2.75) is 25.1 Å². The van der Waals surface area contributed by atoms with Crippen LogP contribution < -0.4 is 21.3 Å². The Balaban J connectivity index is 1.29. The van der Waals surface area contributed by atoms with Crippen molar-refractivity contribution < 1.29 is 32.3 Å². The van der Waals surface area contributed by atoms with Crippen molar-refractivity contribution >= 4 is 34.8 Å². The lowest BCUT2D eigenvalue weighted by Crippen LogP contribution is -2.31. The Kier molecular flexibility index (Phi) is 8.82. The number of rotatable bonds is 9. The molecule has 1 fully saturated rings. The van der Waals surface area contributed by atoms with Crippen LogP contribution >= 0.6 is 0 Å². The van der Waals surface area contributed by atoms with Crippen LogP contribution in [0.25, 0.3) is 0 Å². The maximum atomic E-state index is 12.9. The zero-order valence-electron chi connectivity index (χ0n) is 20.8. The van der Waals surface area contributed by atoms with Crippen LogP contribution in [0.4, 0.5) is 30.2 Å². The highest BCUT2D eigenvalue weighted by atomic mass is 19.4. The molecule has 4 N–H and O–H groups in total. The van der Waals surface area contributed by atoms with E-state index in [-0.39, 0.29) is 35.7 Å². The number of ether oxygens (including phenoxy) is 1. The van der Waals surface area contributed by atoms with Gasteiger partial charge in [-0.2, -0.15) is 13.2 Å². The van der Waals surface area contributed by atoms with Crippen LogP contribution in [0.2, 0.25) is 0 Å². The first-order valence-corrected chi connectivity index (χ1v) is 12.3. The Hall–Kier alpha value is -4.38. The molecular weight excluding hydrogens is 513 g/mol. The topological polar surface area (TPSA) is 109 Å². The highest BCUT2D eigenvalue weighted by Crippen LogP contribution is 2.30. The third-order valence-corrected chi connectivity index (χ3v) is 5.95. The lowest BCUT2D eigenvalue weighted by molar-refractivity contribution is -0.137. The summed E-state index contributed by atoms with van der Waals surface area (Å²) in [5, 5.41) is 10.9. The largest absolute Gasteiger partial charge is 0.416 e. The van der Waals surface area contributed by atoms with E-state index in [4.69, 9.17) is 4.74 Å². The van der Waals surface area contributed by atoms with Gasteiger partial charge in [-0.05, 0) is 67.4 Å². The minimum absolute atomic E-state index is 0.00958. The predicted molar refractivity (Wildman–Crippen MR) is 141 cm³/mol. The molecule has 39 heavy (non-hydrogen) atoms. The Morgan fingerprint density at radius 3 is 2.15 bits per heavy atom. The lowest BCUT2D eigenvalue weighted by Gasteiger charge is -2.12. The Bertz CT molecular complexity index is 1340. The first kappa shape index (κ1) is 27.6. The normalized spacial score (nSPS) is 14.9. The van der Waals surface area contributed by atoms with E-state index in [0.717, 1.165) is 25.0 Å². The quantitative estimate of drug-likeness (QED) is 0.308. The smallest absolute Gasteiger partial charge is 0.376 e. The van der Waals surface area contributed by atoms with Crippen LogP contribution in [0.1, 0.15) is 39.1 Å². The number of benzene rings is 3. The number of hydrogen-bond donors (Lipinski definition) is 4. The van der Waals surface area contributed by atoms with Crippen LogP contribution in [-0.2, 0) is 15.7 Å². The molecule has 4 rings (SSSR count). The Morgan fingerprint density at radius 2 is 1.46 bits per heavy atom. The van der Waals surface area contributed by atoms with E-state index < -0.39 is 17.6 Å². The van der Waals surface area contributed by atoms with Crippen molar-refractivity contribution in [3.8, 4) is 0 Å². The van der Waals surface area contributed by atoms with Gasteiger partial charge in [-0.25, -0.2) is 0 Å². The van der Waals surface area contributed by atoms with Gasteiger partial charge in [0, 0.05) is 41.3 Å². The standard InChI is InChI=1S/C28H27F3N4O4/c29-28(30,31)20-7-3-10-23(15-20)35-27(38)19-6-1-8-21(13-19)32-17-25(36)34-22-9-2-5-18(14-22)26(37)33-16-24-11-4-12-39-24/h1-3,5-10,13-15,24,32H,4,11-12,16-17H2,(H,33,37)(H,34,36)(H,35,38). The second-order valence-electron chi connectivity index (χ2n) is 8.94. The monoisotopic (exact) mass is 540 g/mol. The van der Waals surface area contributed by atoms with Crippen molar-refractivity contribution in [3.05, 3.63) is 89.5 Å². The minimum atomic E-state index is -4.52. The molecule has 0 spiro atoms. The van der Waals surface area contributed by atoms with E-state index >= 15 is 0 Å². The predicted octanol–water partition coefficient (Wildman–Crippen LogP) is 4.92. The molecular formula is C28H27F3N4O4. The second-order valence-corrected chi connectivity index (χ2v) is 8.94. The van der Waals surface area contributed by atoms with Crippen molar-refractivity contribution in [1.82, 2.24) is 5.32 Å². The van der Waals surface area contributed by atoms with Gasteiger partial charge in [0.2, 0.25) is 5.91 Å². The van der Waals surface area contributed by atoms with Gasteiger partial charge in [0.05, 0.1) is 18.2 Å². The molecule has 11 heteroatoms. The summed E-state index contributed by atoms with van der Waals surface area (Å²) in [5.41, 5.74) is 0.643. The van der Waals surface area contributed by atoms with E-state index in [2.05, 4.69) is 21.3 Å². The van der Waals surface area contributed by atoms with Crippen molar-refractivity contribution in [3.63, 3.8) is 0 Å². The fraction of sp³-hybridized carbons (Fsp3) is 0.250. The second kappa shape index (κ2) is 12.4. The number of alkyl halides is 3. The van der Waals surface area contributed by atoms with Gasteiger partial charge in [-0.1, -0.05) is 18.2 Å². The SMILES string of the molecule is O=C(CNc1cccc(C(=O)Nc2cccc(C(F)(F)F)c2)c1)Nc1cccc(C(=O)NCC2CCCO2)c1. The number of amides is 3. The van der Waals surface area contributed by atoms with E-state index in [9.17, 15) is 27.6 Å². The van der Waals surface area contributed by atoms with Crippen LogP contribution in [0.3, 0.4) is 0 Å². The summed E-state index contributed by atoms with van der Waals surface area (Å²) in [6.45, 7) is 0.998. The molecule has 1 unspecified atom stereocenters. The van der Waals surface area contributed by atoms with E-state index in [1.807, 2.05) is 0 Å². The summed E-state index contributed by atoms with van der Waals surface area (Å²) in [5.74, 6) is -1.25. The van der Waals surface area contributed by atoms with Gasteiger partial charge in [-0.15, -0.1) is 0 Å². The van der Waals surface area contributed by atoms with E-state index in [1.165, 1.54) is 24.3 Å². The Morgan fingerprint density at radius 1 is 0.821 bits per heavy atom.